The summed E-state index contributed by atoms with van der Waals surface area (Å²) in [5.74, 6) is 0.485. The minimum Gasteiger partial charge on any atom is -0.488 e. The molecule has 0 spiro atoms. The van der Waals surface area contributed by atoms with E-state index in [1.165, 1.54) is 0 Å². The molecule has 0 N–H and O–H groups in total. The molecule has 5 heteroatoms. The SMILES string of the molecule is Cc1nc(Cl)cc(OCc2ccccc2)c1[C@H](Cl)C=O. The van der Waals surface area contributed by atoms with Gasteiger partial charge in [0.25, 0.3) is 0 Å². The summed E-state index contributed by atoms with van der Waals surface area (Å²) < 4.78 is 5.74. The molecule has 0 saturated carbocycles. The van der Waals surface area contributed by atoms with Crippen molar-refractivity contribution < 1.29 is 9.53 Å². The number of alkyl halides is 1. The van der Waals surface area contributed by atoms with Gasteiger partial charge in [0.2, 0.25) is 0 Å². The van der Waals surface area contributed by atoms with E-state index in [2.05, 4.69) is 4.98 Å². The Morgan fingerprint density at radius 2 is 2.05 bits per heavy atom. The summed E-state index contributed by atoms with van der Waals surface area (Å²) in [5, 5.41) is -0.491. The van der Waals surface area contributed by atoms with Gasteiger partial charge in [-0.1, -0.05) is 41.9 Å². The van der Waals surface area contributed by atoms with E-state index < -0.39 is 5.38 Å². The van der Waals surface area contributed by atoms with E-state index in [-0.39, 0.29) is 0 Å². The highest BCUT2D eigenvalue weighted by Gasteiger charge is 2.18. The van der Waals surface area contributed by atoms with E-state index in [0.29, 0.717) is 35.1 Å². The largest absolute Gasteiger partial charge is 0.488 e. The molecule has 2 rings (SSSR count). The van der Waals surface area contributed by atoms with E-state index in [1.54, 1.807) is 13.0 Å². The second-order valence-corrected chi connectivity index (χ2v) is 5.11. The van der Waals surface area contributed by atoms with Gasteiger partial charge in [0.05, 0.1) is 0 Å². The van der Waals surface area contributed by atoms with Gasteiger partial charge in [-0.05, 0) is 12.5 Å². The average molecular weight is 310 g/mol. The van der Waals surface area contributed by atoms with Crippen LogP contribution in [0, 0.1) is 6.92 Å². The molecule has 0 fully saturated rings. The number of aryl methyl sites for hydroxylation is 1. The van der Waals surface area contributed by atoms with Crippen LogP contribution in [-0.2, 0) is 11.4 Å². The smallest absolute Gasteiger partial charge is 0.142 e. The zero-order valence-corrected chi connectivity index (χ0v) is 12.4. The fourth-order valence-electron chi connectivity index (χ4n) is 1.88. The minimum absolute atomic E-state index is 0.309. The summed E-state index contributed by atoms with van der Waals surface area (Å²) >= 11 is 11.9. The fourth-order valence-corrected chi connectivity index (χ4v) is 2.37. The van der Waals surface area contributed by atoms with Crippen LogP contribution in [-0.4, -0.2) is 11.3 Å². The van der Waals surface area contributed by atoms with Gasteiger partial charge >= 0.3 is 0 Å². The lowest BCUT2D eigenvalue weighted by atomic mass is 10.1. The van der Waals surface area contributed by atoms with Crippen LogP contribution in [0.1, 0.15) is 22.2 Å². The number of pyridine rings is 1. The fraction of sp³-hybridized carbons (Fsp3) is 0.200. The van der Waals surface area contributed by atoms with Gasteiger partial charge in [0.15, 0.2) is 0 Å². The van der Waals surface area contributed by atoms with Crippen LogP contribution >= 0.6 is 23.2 Å². The van der Waals surface area contributed by atoms with Gasteiger partial charge in [-0.3, -0.25) is 0 Å². The van der Waals surface area contributed by atoms with Crippen molar-refractivity contribution >= 4 is 29.5 Å². The van der Waals surface area contributed by atoms with Crippen molar-refractivity contribution in [2.75, 3.05) is 0 Å². The maximum atomic E-state index is 10.9. The Balaban J connectivity index is 2.28. The molecule has 0 radical (unpaired) electrons. The monoisotopic (exact) mass is 309 g/mol. The summed E-state index contributed by atoms with van der Waals surface area (Å²) in [7, 11) is 0. The molecular weight excluding hydrogens is 297 g/mol. The Bertz CT molecular complexity index is 602. The second kappa shape index (κ2) is 6.73. The molecule has 0 saturated heterocycles. The number of rotatable bonds is 5. The van der Waals surface area contributed by atoms with Crippen molar-refractivity contribution in [3.63, 3.8) is 0 Å². The van der Waals surface area contributed by atoms with Crippen LogP contribution in [0.5, 0.6) is 5.75 Å². The summed E-state index contributed by atoms with van der Waals surface area (Å²) in [6.07, 6.45) is 0.648. The number of nitrogens with zero attached hydrogens (tertiary/aromatic N) is 1. The third-order valence-electron chi connectivity index (χ3n) is 2.81. The van der Waals surface area contributed by atoms with Crippen molar-refractivity contribution in [3.8, 4) is 5.75 Å². The molecule has 1 aromatic carbocycles. The lowest BCUT2D eigenvalue weighted by Gasteiger charge is -2.15. The second-order valence-electron chi connectivity index (χ2n) is 4.25. The predicted molar refractivity (Wildman–Crippen MR) is 79.4 cm³/mol. The van der Waals surface area contributed by atoms with Crippen LogP contribution < -0.4 is 4.74 Å². The van der Waals surface area contributed by atoms with Crippen molar-refractivity contribution in [2.45, 2.75) is 18.9 Å². The number of benzene rings is 1. The van der Waals surface area contributed by atoms with E-state index in [1.807, 2.05) is 30.3 Å². The zero-order valence-electron chi connectivity index (χ0n) is 10.8. The first kappa shape index (κ1) is 14.8. The van der Waals surface area contributed by atoms with Gasteiger partial charge in [0.1, 0.15) is 29.2 Å². The quantitative estimate of drug-likeness (QED) is 0.474. The molecule has 2 aromatic rings. The van der Waals surface area contributed by atoms with Crippen LogP contribution in [0.25, 0.3) is 0 Å². The molecule has 1 atom stereocenters. The minimum atomic E-state index is -0.800. The first-order valence-corrected chi connectivity index (χ1v) is 6.86. The Morgan fingerprint density at radius 3 is 2.70 bits per heavy atom. The molecule has 0 aliphatic heterocycles. The van der Waals surface area contributed by atoms with Crippen LogP contribution in [0.2, 0.25) is 5.15 Å². The maximum absolute atomic E-state index is 10.9. The highest BCUT2D eigenvalue weighted by atomic mass is 35.5. The molecule has 20 heavy (non-hydrogen) atoms. The first-order chi connectivity index (χ1) is 9.61. The Labute approximate surface area is 127 Å². The van der Waals surface area contributed by atoms with E-state index in [0.717, 1.165) is 5.56 Å². The van der Waals surface area contributed by atoms with Gasteiger partial charge in [-0.2, -0.15) is 0 Å². The van der Waals surface area contributed by atoms with Crippen LogP contribution in [0.4, 0.5) is 0 Å². The standard InChI is InChI=1S/C15H13Cl2NO2/c1-10-15(12(16)8-19)13(7-14(17)18-10)20-9-11-5-3-2-4-6-11/h2-8,12H,9H2,1H3/t12-/m1/s1. The predicted octanol–water partition coefficient (Wildman–Crippen LogP) is 4.10. The molecule has 0 unspecified atom stereocenters. The number of carbonyl (C=O) groups excluding carboxylic acids is 1. The van der Waals surface area contributed by atoms with Gasteiger partial charge in [-0.15, -0.1) is 11.6 Å². The van der Waals surface area contributed by atoms with Gasteiger partial charge < -0.3 is 9.53 Å². The number of ether oxygens (including phenoxy) is 1. The topological polar surface area (TPSA) is 39.2 Å². The molecule has 0 bridgehead atoms. The molecule has 1 heterocycles. The molecular formula is C15H13Cl2NO2. The number of hydrogen-bond donors (Lipinski definition) is 0. The first-order valence-electron chi connectivity index (χ1n) is 6.05. The Morgan fingerprint density at radius 1 is 1.35 bits per heavy atom. The average Bonchev–Trinajstić information content (AvgIpc) is 2.45. The summed E-state index contributed by atoms with van der Waals surface area (Å²) in [6.45, 7) is 2.12. The molecule has 0 aliphatic rings. The molecule has 3 nitrogen and oxygen atoms in total. The molecule has 0 amide bonds. The van der Waals surface area contributed by atoms with Crippen LogP contribution in [0.15, 0.2) is 36.4 Å². The summed E-state index contributed by atoms with van der Waals surface area (Å²) in [6, 6.07) is 11.3. The van der Waals surface area contributed by atoms with Crippen molar-refractivity contribution in [1.82, 2.24) is 4.98 Å². The lowest BCUT2D eigenvalue weighted by Crippen LogP contribution is -2.04. The van der Waals surface area contributed by atoms with Gasteiger partial charge in [0, 0.05) is 17.3 Å². The summed E-state index contributed by atoms with van der Waals surface area (Å²) in [4.78, 5) is 15.0. The maximum Gasteiger partial charge on any atom is 0.142 e. The van der Waals surface area contributed by atoms with Crippen molar-refractivity contribution in [1.29, 1.82) is 0 Å². The number of carbonyl (C=O) groups is 1. The Hall–Kier alpha value is -1.58. The third-order valence-corrected chi connectivity index (χ3v) is 3.33. The summed E-state index contributed by atoms with van der Waals surface area (Å²) in [5.41, 5.74) is 2.16. The number of halogens is 2. The van der Waals surface area contributed by atoms with E-state index >= 15 is 0 Å². The van der Waals surface area contributed by atoms with E-state index in [9.17, 15) is 4.79 Å². The molecule has 1 aromatic heterocycles. The number of aromatic nitrogens is 1. The normalized spacial score (nSPS) is 11.9. The molecule has 0 aliphatic carbocycles. The van der Waals surface area contributed by atoms with Crippen LogP contribution in [0.3, 0.4) is 0 Å². The highest BCUT2D eigenvalue weighted by Crippen LogP contribution is 2.33. The molecule has 104 valence electrons. The highest BCUT2D eigenvalue weighted by molar-refractivity contribution is 6.30. The van der Waals surface area contributed by atoms with Crippen molar-refractivity contribution in [3.05, 3.63) is 58.4 Å². The Kier molecular flexibility index (Phi) is 4.99. The third kappa shape index (κ3) is 3.50. The number of aldehydes is 1. The van der Waals surface area contributed by atoms with Crippen molar-refractivity contribution in [2.24, 2.45) is 0 Å². The van der Waals surface area contributed by atoms with E-state index in [4.69, 9.17) is 27.9 Å². The lowest BCUT2D eigenvalue weighted by molar-refractivity contribution is -0.107. The zero-order chi connectivity index (χ0) is 14.5. The number of hydrogen-bond acceptors (Lipinski definition) is 3. The van der Waals surface area contributed by atoms with Gasteiger partial charge in [-0.25, -0.2) is 4.98 Å².